The molecule has 1 heterocycles. The van der Waals surface area contributed by atoms with Gasteiger partial charge in [-0.2, -0.15) is 0 Å². The number of halogens is 1. The van der Waals surface area contributed by atoms with Gasteiger partial charge in [-0.3, -0.25) is 9.59 Å². The fourth-order valence-corrected chi connectivity index (χ4v) is 3.03. The van der Waals surface area contributed by atoms with Gasteiger partial charge in [0.1, 0.15) is 17.2 Å². The van der Waals surface area contributed by atoms with Crippen molar-refractivity contribution in [2.75, 3.05) is 6.54 Å². The molecule has 22 heavy (non-hydrogen) atoms. The van der Waals surface area contributed by atoms with Gasteiger partial charge in [-0.15, -0.1) is 11.3 Å². The minimum absolute atomic E-state index is 0.228. The highest BCUT2D eigenvalue weighted by Gasteiger charge is 2.23. The van der Waals surface area contributed by atoms with Gasteiger partial charge in [0.15, 0.2) is 0 Å². The first-order valence-corrected chi connectivity index (χ1v) is 7.89. The number of carbonyl (C=O) groups excluding carboxylic acids is 1. The first-order valence-electron chi connectivity index (χ1n) is 6.63. The van der Waals surface area contributed by atoms with Crippen LogP contribution >= 0.6 is 22.9 Å². The van der Waals surface area contributed by atoms with Crippen LogP contribution in [0.1, 0.15) is 24.3 Å². The molecule has 2 rings (SSSR count). The Bertz CT molecular complexity index is 700. The molecule has 0 aliphatic carbocycles. The summed E-state index contributed by atoms with van der Waals surface area (Å²) in [4.78, 5) is 28.9. The van der Waals surface area contributed by atoms with Gasteiger partial charge in [0, 0.05) is 17.0 Å². The number of rotatable bonds is 5. The van der Waals surface area contributed by atoms with Gasteiger partial charge in [0.2, 0.25) is 0 Å². The average Bonchev–Trinajstić information content (AvgIpc) is 2.93. The van der Waals surface area contributed by atoms with E-state index in [1.54, 1.807) is 25.3 Å². The normalized spacial score (nSPS) is 10.7. The minimum atomic E-state index is -1.05. The van der Waals surface area contributed by atoms with Crippen molar-refractivity contribution < 1.29 is 14.7 Å². The van der Waals surface area contributed by atoms with Gasteiger partial charge < -0.3 is 10.0 Å². The monoisotopic (exact) mass is 338 g/mol. The van der Waals surface area contributed by atoms with Crippen LogP contribution in [0, 0.1) is 0 Å². The number of benzene rings is 1. The van der Waals surface area contributed by atoms with Crippen molar-refractivity contribution >= 4 is 34.8 Å². The second-order valence-corrected chi connectivity index (χ2v) is 6.20. The second-order valence-electron chi connectivity index (χ2n) is 4.94. The number of amides is 1. The first kappa shape index (κ1) is 16.5. The Hall–Kier alpha value is -1.92. The number of hydrogen-bond donors (Lipinski definition) is 1. The molecule has 1 N–H and O–H groups in total. The van der Waals surface area contributed by atoms with Crippen molar-refractivity contribution in [3.8, 4) is 10.6 Å². The summed E-state index contributed by atoms with van der Waals surface area (Å²) in [5, 5.41) is 11.7. The smallest absolute Gasteiger partial charge is 0.323 e. The lowest BCUT2D eigenvalue weighted by Crippen LogP contribution is -2.40. The molecule has 0 radical (unpaired) electrons. The van der Waals surface area contributed by atoms with Crippen LogP contribution in [-0.2, 0) is 4.79 Å². The molecular weight excluding hydrogens is 324 g/mol. The van der Waals surface area contributed by atoms with Gasteiger partial charge in [-0.1, -0.05) is 29.8 Å². The van der Waals surface area contributed by atoms with Gasteiger partial charge >= 0.3 is 5.97 Å². The summed E-state index contributed by atoms with van der Waals surface area (Å²) >= 11 is 7.43. The van der Waals surface area contributed by atoms with Crippen LogP contribution in [0.5, 0.6) is 0 Å². The van der Waals surface area contributed by atoms with Crippen LogP contribution < -0.4 is 0 Å². The van der Waals surface area contributed by atoms with Crippen LogP contribution in [0.3, 0.4) is 0 Å². The number of carbonyl (C=O) groups is 2. The summed E-state index contributed by atoms with van der Waals surface area (Å²) in [6.45, 7) is 3.18. The SMILES string of the molecule is CC(C)N(CC(=O)O)C(=O)c1csc(-c2ccccc2Cl)n1. The van der Waals surface area contributed by atoms with E-state index in [4.69, 9.17) is 16.7 Å². The number of aliphatic carboxylic acids is 1. The molecule has 5 nitrogen and oxygen atoms in total. The van der Waals surface area contributed by atoms with Crippen molar-refractivity contribution in [1.29, 1.82) is 0 Å². The Kier molecular flexibility index (Phi) is 5.15. The zero-order valence-corrected chi connectivity index (χ0v) is 13.7. The van der Waals surface area contributed by atoms with E-state index >= 15 is 0 Å². The van der Waals surface area contributed by atoms with Gasteiger partial charge in [-0.25, -0.2) is 4.98 Å². The molecule has 1 aromatic heterocycles. The highest BCUT2D eigenvalue weighted by molar-refractivity contribution is 7.13. The van der Waals surface area contributed by atoms with Gasteiger partial charge in [0.25, 0.3) is 5.91 Å². The van der Waals surface area contributed by atoms with E-state index in [0.717, 1.165) is 5.56 Å². The van der Waals surface area contributed by atoms with Crippen molar-refractivity contribution in [2.24, 2.45) is 0 Å². The van der Waals surface area contributed by atoms with Crippen molar-refractivity contribution in [3.63, 3.8) is 0 Å². The maximum absolute atomic E-state index is 12.4. The molecule has 0 aliphatic rings. The number of hydrogen-bond acceptors (Lipinski definition) is 4. The summed E-state index contributed by atoms with van der Waals surface area (Å²) in [5.41, 5.74) is 0.984. The van der Waals surface area contributed by atoms with E-state index in [9.17, 15) is 9.59 Å². The molecule has 0 fully saturated rings. The molecule has 116 valence electrons. The third-order valence-corrected chi connectivity index (χ3v) is 4.22. The molecule has 7 heteroatoms. The lowest BCUT2D eigenvalue weighted by Gasteiger charge is -2.23. The lowest BCUT2D eigenvalue weighted by molar-refractivity contribution is -0.138. The van der Waals surface area contributed by atoms with E-state index in [0.29, 0.717) is 10.0 Å². The Morgan fingerprint density at radius 1 is 1.36 bits per heavy atom. The summed E-state index contributed by atoms with van der Waals surface area (Å²) in [5.74, 6) is -1.45. The van der Waals surface area contributed by atoms with Crippen LogP contribution in [0.25, 0.3) is 10.6 Å². The molecule has 1 aromatic carbocycles. The quantitative estimate of drug-likeness (QED) is 0.907. The third-order valence-electron chi connectivity index (χ3n) is 3.02. The van der Waals surface area contributed by atoms with Crippen LogP contribution in [0.15, 0.2) is 29.6 Å². The minimum Gasteiger partial charge on any atom is -0.480 e. The second kappa shape index (κ2) is 6.89. The van der Waals surface area contributed by atoms with E-state index in [-0.39, 0.29) is 18.3 Å². The summed E-state index contributed by atoms with van der Waals surface area (Å²) < 4.78 is 0. The van der Waals surface area contributed by atoms with E-state index < -0.39 is 11.9 Å². The molecule has 0 aliphatic heterocycles. The molecular formula is C15H15ClN2O3S. The zero-order valence-electron chi connectivity index (χ0n) is 12.1. The largest absolute Gasteiger partial charge is 0.480 e. The first-order chi connectivity index (χ1) is 10.4. The van der Waals surface area contributed by atoms with Gasteiger partial charge in [-0.05, 0) is 19.9 Å². The molecule has 1 amide bonds. The topological polar surface area (TPSA) is 70.5 Å². The van der Waals surface area contributed by atoms with Crippen LogP contribution in [-0.4, -0.2) is 39.5 Å². The van der Waals surface area contributed by atoms with E-state index in [1.807, 2.05) is 18.2 Å². The maximum Gasteiger partial charge on any atom is 0.323 e. The highest BCUT2D eigenvalue weighted by atomic mass is 35.5. The molecule has 0 spiro atoms. The fraction of sp³-hybridized carbons (Fsp3) is 0.267. The Morgan fingerprint density at radius 3 is 2.64 bits per heavy atom. The Labute approximate surface area is 137 Å². The highest BCUT2D eigenvalue weighted by Crippen LogP contribution is 2.30. The average molecular weight is 339 g/mol. The number of aromatic nitrogens is 1. The Balaban J connectivity index is 2.29. The van der Waals surface area contributed by atoms with Crippen LogP contribution in [0.2, 0.25) is 5.02 Å². The number of carboxylic acid groups (broad SMARTS) is 1. The predicted molar refractivity (Wildman–Crippen MR) is 86.4 cm³/mol. The molecule has 0 bridgehead atoms. The zero-order chi connectivity index (χ0) is 16.3. The van der Waals surface area contributed by atoms with Crippen LogP contribution in [0.4, 0.5) is 0 Å². The summed E-state index contributed by atoms with van der Waals surface area (Å²) in [7, 11) is 0. The van der Waals surface area contributed by atoms with Gasteiger partial charge in [0.05, 0.1) is 5.02 Å². The standard InChI is InChI=1S/C15H15ClN2O3S/c1-9(2)18(7-13(19)20)15(21)12-8-22-14(17-12)10-5-3-4-6-11(10)16/h3-6,8-9H,7H2,1-2H3,(H,19,20). The third kappa shape index (κ3) is 3.64. The van der Waals surface area contributed by atoms with E-state index in [1.165, 1.54) is 16.2 Å². The van der Waals surface area contributed by atoms with E-state index in [2.05, 4.69) is 4.98 Å². The van der Waals surface area contributed by atoms with Crippen molar-refractivity contribution in [3.05, 3.63) is 40.4 Å². The summed E-state index contributed by atoms with van der Waals surface area (Å²) in [6, 6.07) is 7.01. The molecule has 0 atom stereocenters. The number of thiazole rings is 1. The summed E-state index contributed by atoms with van der Waals surface area (Å²) in [6.07, 6.45) is 0. The molecule has 0 unspecified atom stereocenters. The fourth-order valence-electron chi connectivity index (χ4n) is 1.91. The van der Waals surface area contributed by atoms with Crippen molar-refractivity contribution in [1.82, 2.24) is 9.88 Å². The number of nitrogens with zero attached hydrogens (tertiary/aromatic N) is 2. The van der Waals surface area contributed by atoms with Crippen molar-refractivity contribution in [2.45, 2.75) is 19.9 Å². The predicted octanol–water partition coefficient (Wildman–Crippen LogP) is 3.40. The lowest BCUT2D eigenvalue weighted by atomic mass is 10.2. The Morgan fingerprint density at radius 2 is 2.05 bits per heavy atom. The molecule has 0 saturated carbocycles. The molecule has 2 aromatic rings. The number of carboxylic acids is 1. The molecule has 0 saturated heterocycles. The maximum atomic E-state index is 12.4.